The number of carbonyl (C=O) groups excluding carboxylic acids is 2. The van der Waals surface area contributed by atoms with Crippen LogP contribution in [0.25, 0.3) is 0 Å². The van der Waals surface area contributed by atoms with Crippen LogP contribution in [0.15, 0.2) is 41.7 Å². The molecule has 1 aliphatic rings. The van der Waals surface area contributed by atoms with E-state index in [4.69, 9.17) is 16.4 Å². The molecular formula is C24H30ClN5O3. The summed E-state index contributed by atoms with van der Waals surface area (Å²) in [6.45, 7) is 7.88. The van der Waals surface area contributed by atoms with Crippen LogP contribution in [0, 0.1) is 5.92 Å². The highest BCUT2D eigenvalue weighted by Gasteiger charge is 2.27. The average Bonchev–Trinajstić information content (AvgIpc) is 2.81. The van der Waals surface area contributed by atoms with Gasteiger partial charge < -0.3 is 20.4 Å². The lowest BCUT2D eigenvalue weighted by atomic mass is 9.94. The Balaban J connectivity index is 1.82. The first-order valence-corrected chi connectivity index (χ1v) is 11.4. The molecule has 8 nitrogen and oxygen atoms in total. The lowest BCUT2D eigenvalue weighted by Crippen LogP contribution is -2.41. The Kier molecular flexibility index (Phi) is 8.41. The Labute approximate surface area is 199 Å². The molecule has 0 aliphatic carbocycles. The lowest BCUT2D eigenvalue weighted by Gasteiger charge is -2.34. The van der Waals surface area contributed by atoms with Gasteiger partial charge in [0, 0.05) is 18.2 Å². The van der Waals surface area contributed by atoms with Gasteiger partial charge in [0.25, 0.3) is 5.91 Å². The minimum absolute atomic E-state index is 0.0768. The fraction of sp³-hybridized carbons (Fsp3) is 0.417. The van der Waals surface area contributed by atoms with Crippen molar-refractivity contribution in [2.24, 2.45) is 11.1 Å². The van der Waals surface area contributed by atoms with Crippen LogP contribution in [0.4, 0.5) is 11.5 Å². The molecule has 1 fully saturated rings. The van der Waals surface area contributed by atoms with E-state index in [1.807, 2.05) is 0 Å². The summed E-state index contributed by atoms with van der Waals surface area (Å²) in [4.78, 5) is 37.5. The second kappa shape index (κ2) is 11.2. The van der Waals surface area contributed by atoms with Gasteiger partial charge in [-0.1, -0.05) is 22.8 Å². The van der Waals surface area contributed by atoms with Crippen LogP contribution in [-0.2, 0) is 9.63 Å². The molecule has 1 aliphatic heterocycles. The number of hydrogen-bond donors (Lipinski definition) is 2. The predicted molar refractivity (Wildman–Crippen MR) is 131 cm³/mol. The minimum atomic E-state index is -0.401. The number of nitrogens with one attached hydrogen (secondary N) is 2. The van der Waals surface area contributed by atoms with Crippen molar-refractivity contribution in [2.75, 3.05) is 30.8 Å². The third kappa shape index (κ3) is 6.52. The molecule has 2 aromatic rings. The number of rotatable bonds is 7. The summed E-state index contributed by atoms with van der Waals surface area (Å²) in [7, 11) is 1.46. The smallest absolute Gasteiger partial charge is 0.258 e. The van der Waals surface area contributed by atoms with Crippen LogP contribution in [0.1, 0.15) is 49.5 Å². The summed E-state index contributed by atoms with van der Waals surface area (Å²) in [5.74, 6) is -0.213. The molecule has 1 aromatic carbocycles. The van der Waals surface area contributed by atoms with Crippen LogP contribution < -0.4 is 10.6 Å². The van der Waals surface area contributed by atoms with Crippen molar-refractivity contribution >= 4 is 40.6 Å². The van der Waals surface area contributed by atoms with Crippen molar-refractivity contribution in [3.05, 3.63) is 52.7 Å². The SMILES string of the molecule is CON=C(C)c1ccc(NC(=O)C2CCN(C(C)C)CC2)c(C(=O)Nc2ccc(Cl)cn2)c1. The number of anilines is 2. The van der Waals surface area contributed by atoms with E-state index in [0.717, 1.165) is 25.9 Å². The normalized spacial score (nSPS) is 15.4. The number of likely N-dealkylation sites (tertiary alicyclic amines) is 1. The number of nitrogens with zero attached hydrogens (tertiary/aromatic N) is 3. The molecule has 0 radical (unpaired) electrons. The molecule has 3 rings (SSSR count). The molecule has 9 heteroatoms. The standard InChI is InChI=1S/C24H30ClN5O3/c1-15(2)30-11-9-17(10-12-30)23(31)27-21-7-5-18(16(3)29-33-4)13-20(21)24(32)28-22-8-6-19(25)14-26-22/h5-8,13-15,17H,9-12H2,1-4H3,(H,27,31)(H,26,28,32). The summed E-state index contributed by atoms with van der Waals surface area (Å²) >= 11 is 5.88. The maximum absolute atomic E-state index is 13.1. The summed E-state index contributed by atoms with van der Waals surface area (Å²) < 4.78 is 0. The number of aromatic nitrogens is 1. The van der Waals surface area contributed by atoms with Gasteiger partial charge in [-0.15, -0.1) is 0 Å². The van der Waals surface area contributed by atoms with Crippen LogP contribution in [0.5, 0.6) is 0 Å². The fourth-order valence-electron chi connectivity index (χ4n) is 3.80. The van der Waals surface area contributed by atoms with Crippen LogP contribution in [-0.4, -0.2) is 53.7 Å². The van der Waals surface area contributed by atoms with Gasteiger partial charge in [0.1, 0.15) is 12.9 Å². The van der Waals surface area contributed by atoms with Crippen molar-refractivity contribution in [1.82, 2.24) is 9.88 Å². The van der Waals surface area contributed by atoms with E-state index in [2.05, 4.69) is 39.5 Å². The number of amides is 2. The quantitative estimate of drug-likeness (QED) is 0.460. The minimum Gasteiger partial charge on any atom is -0.399 e. The number of halogens is 1. The average molecular weight is 472 g/mol. The number of piperidine rings is 1. The zero-order valence-corrected chi connectivity index (χ0v) is 20.1. The van der Waals surface area contributed by atoms with E-state index in [0.29, 0.717) is 39.4 Å². The molecule has 1 aromatic heterocycles. The van der Waals surface area contributed by atoms with Crippen molar-refractivity contribution in [3.63, 3.8) is 0 Å². The summed E-state index contributed by atoms with van der Waals surface area (Å²) in [5, 5.41) is 10.1. The van der Waals surface area contributed by atoms with Gasteiger partial charge in [0.15, 0.2) is 0 Å². The highest BCUT2D eigenvalue weighted by atomic mass is 35.5. The number of pyridine rings is 1. The molecule has 0 saturated carbocycles. The lowest BCUT2D eigenvalue weighted by molar-refractivity contribution is -0.121. The van der Waals surface area contributed by atoms with E-state index in [1.54, 1.807) is 37.3 Å². The number of benzene rings is 1. The van der Waals surface area contributed by atoms with E-state index in [1.165, 1.54) is 13.3 Å². The Morgan fingerprint density at radius 1 is 1.18 bits per heavy atom. The number of carbonyl (C=O) groups is 2. The molecule has 176 valence electrons. The van der Waals surface area contributed by atoms with Crippen molar-refractivity contribution in [3.8, 4) is 0 Å². The molecule has 2 amide bonds. The molecule has 1 saturated heterocycles. The molecule has 0 spiro atoms. The fourth-order valence-corrected chi connectivity index (χ4v) is 3.91. The highest BCUT2D eigenvalue weighted by molar-refractivity contribution is 6.30. The van der Waals surface area contributed by atoms with E-state index in [-0.39, 0.29) is 11.8 Å². The number of oxime groups is 1. The largest absolute Gasteiger partial charge is 0.399 e. The van der Waals surface area contributed by atoms with Gasteiger partial charge in [0.2, 0.25) is 5.91 Å². The van der Waals surface area contributed by atoms with Crippen molar-refractivity contribution in [2.45, 2.75) is 39.7 Å². The van der Waals surface area contributed by atoms with Gasteiger partial charge in [-0.05, 0) is 76.5 Å². The number of hydrogen-bond acceptors (Lipinski definition) is 6. The first-order valence-electron chi connectivity index (χ1n) is 11.0. The maximum Gasteiger partial charge on any atom is 0.258 e. The predicted octanol–water partition coefficient (Wildman–Crippen LogP) is 4.42. The monoisotopic (exact) mass is 471 g/mol. The van der Waals surface area contributed by atoms with E-state index < -0.39 is 5.91 Å². The topological polar surface area (TPSA) is 95.9 Å². The van der Waals surface area contributed by atoms with Crippen LogP contribution in [0.3, 0.4) is 0 Å². The van der Waals surface area contributed by atoms with Gasteiger partial charge in [-0.25, -0.2) is 4.98 Å². The Hall–Kier alpha value is -2.97. The van der Waals surface area contributed by atoms with Crippen molar-refractivity contribution in [1.29, 1.82) is 0 Å². The molecule has 2 N–H and O–H groups in total. The molecule has 2 heterocycles. The van der Waals surface area contributed by atoms with Crippen LogP contribution >= 0.6 is 11.6 Å². The molecule has 0 bridgehead atoms. The van der Waals surface area contributed by atoms with E-state index in [9.17, 15) is 9.59 Å². The second-order valence-electron chi connectivity index (χ2n) is 8.33. The molecule has 33 heavy (non-hydrogen) atoms. The van der Waals surface area contributed by atoms with Crippen molar-refractivity contribution < 1.29 is 14.4 Å². The Morgan fingerprint density at radius 3 is 2.52 bits per heavy atom. The maximum atomic E-state index is 13.1. The van der Waals surface area contributed by atoms with Gasteiger partial charge in [-0.3, -0.25) is 9.59 Å². The summed E-state index contributed by atoms with van der Waals surface area (Å²) in [5.41, 5.74) is 2.05. The zero-order valence-electron chi connectivity index (χ0n) is 19.4. The zero-order chi connectivity index (χ0) is 24.0. The Morgan fingerprint density at radius 2 is 1.91 bits per heavy atom. The molecule has 0 unspecified atom stereocenters. The first kappa shape index (κ1) is 24.7. The molecular weight excluding hydrogens is 442 g/mol. The Bertz CT molecular complexity index is 1020. The third-order valence-corrected chi connectivity index (χ3v) is 5.99. The first-order chi connectivity index (χ1) is 15.8. The third-order valence-electron chi connectivity index (χ3n) is 5.77. The van der Waals surface area contributed by atoms with Gasteiger partial charge in [0.05, 0.1) is 22.0 Å². The summed E-state index contributed by atoms with van der Waals surface area (Å²) in [6, 6.07) is 8.92. The van der Waals surface area contributed by atoms with Gasteiger partial charge >= 0.3 is 0 Å². The van der Waals surface area contributed by atoms with Gasteiger partial charge in [-0.2, -0.15) is 0 Å². The molecule has 0 atom stereocenters. The summed E-state index contributed by atoms with van der Waals surface area (Å²) in [6.07, 6.45) is 3.03. The van der Waals surface area contributed by atoms with E-state index >= 15 is 0 Å². The second-order valence-corrected chi connectivity index (χ2v) is 8.77. The highest BCUT2D eigenvalue weighted by Crippen LogP contribution is 2.24. The van der Waals surface area contributed by atoms with Crippen LogP contribution in [0.2, 0.25) is 5.02 Å².